The maximum Gasteiger partial charge on any atom is 0.267 e. The van der Waals surface area contributed by atoms with E-state index in [0.29, 0.717) is 16.3 Å². The maximum absolute atomic E-state index is 12.0. The molecule has 1 amide bonds. The van der Waals surface area contributed by atoms with Crippen molar-refractivity contribution in [2.45, 2.75) is 0 Å². The Kier molecular flexibility index (Phi) is 2.89. The third-order valence-electron chi connectivity index (χ3n) is 2.75. The molecular weight excluding hydrogens is 258 g/mol. The van der Waals surface area contributed by atoms with Crippen LogP contribution in [0.25, 0.3) is 10.9 Å². The van der Waals surface area contributed by atoms with Gasteiger partial charge in [-0.05, 0) is 23.6 Å². The minimum atomic E-state index is -0.204. The van der Waals surface area contributed by atoms with Crippen molar-refractivity contribution in [1.82, 2.24) is 4.98 Å². The summed E-state index contributed by atoms with van der Waals surface area (Å²) in [5.41, 5.74) is 7.78. The van der Waals surface area contributed by atoms with E-state index in [1.54, 1.807) is 17.6 Å². The first kappa shape index (κ1) is 11.7. The van der Waals surface area contributed by atoms with Gasteiger partial charge in [-0.15, -0.1) is 11.3 Å². The second kappa shape index (κ2) is 4.70. The molecule has 0 unspecified atom stereocenters. The highest BCUT2D eigenvalue weighted by Crippen LogP contribution is 2.21. The number of nitrogens with zero attached hydrogens (tertiary/aromatic N) is 1. The first-order chi connectivity index (χ1) is 9.24. The first-order valence-corrected chi connectivity index (χ1v) is 6.61. The highest BCUT2D eigenvalue weighted by molar-refractivity contribution is 7.12. The van der Waals surface area contributed by atoms with E-state index in [1.807, 2.05) is 30.3 Å². The summed E-state index contributed by atoms with van der Waals surface area (Å²) in [6.07, 6.45) is 1.64. The number of thiophene rings is 1. The number of anilines is 2. The standard InChI is InChI=1S/C14H11N3OS/c15-11-5-6-19-13(11)14(18)17-10-7-9-3-1-2-4-12(9)16-8-10/h1-8H,15H2,(H,17,18). The quantitative estimate of drug-likeness (QED) is 0.751. The average molecular weight is 269 g/mol. The van der Waals surface area contributed by atoms with Gasteiger partial charge in [-0.1, -0.05) is 18.2 Å². The van der Waals surface area contributed by atoms with Gasteiger partial charge in [0.05, 0.1) is 23.1 Å². The Morgan fingerprint density at radius 1 is 1.26 bits per heavy atom. The van der Waals surface area contributed by atoms with Crippen LogP contribution in [-0.2, 0) is 0 Å². The number of aromatic nitrogens is 1. The van der Waals surface area contributed by atoms with Crippen LogP contribution in [-0.4, -0.2) is 10.9 Å². The van der Waals surface area contributed by atoms with Crippen LogP contribution in [0.2, 0.25) is 0 Å². The molecule has 3 N–H and O–H groups in total. The second-order valence-corrected chi connectivity index (χ2v) is 4.99. The van der Waals surface area contributed by atoms with E-state index >= 15 is 0 Å². The zero-order valence-corrected chi connectivity index (χ0v) is 10.8. The fourth-order valence-corrected chi connectivity index (χ4v) is 2.54. The molecule has 0 aliphatic heterocycles. The molecule has 0 aliphatic rings. The van der Waals surface area contributed by atoms with E-state index < -0.39 is 0 Å². The number of hydrogen-bond acceptors (Lipinski definition) is 4. The van der Waals surface area contributed by atoms with Crippen molar-refractivity contribution in [3.05, 3.63) is 52.9 Å². The van der Waals surface area contributed by atoms with E-state index in [1.165, 1.54) is 11.3 Å². The summed E-state index contributed by atoms with van der Waals surface area (Å²) in [4.78, 5) is 16.8. The number of carbonyl (C=O) groups excluding carboxylic acids is 1. The van der Waals surface area contributed by atoms with Crippen molar-refractivity contribution < 1.29 is 4.79 Å². The Bertz CT molecular complexity index is 751. The van der Waals surface area contributed by atoms with E-state index in [0.717, 1.165) is 10.9 Å². The monoisotopic (exact) mass is 269 g/mol. The third-order valence-corrected chi connectivity index (χ3v) is 3.68. The molecule has 0 spiro atoms. The Labute approximate surface area is 113 Å². The Hall–Kier alpha value is -2.40. The Morgan fingerprint density at radius 2 is 2.11 bits per heavy atom. The van der Waals surface area contributed by atoms with Crippen molar-refractivity contribution in [3.63, 3.8) is 0 Å². The largest absolute Gasteiger partial charge is 0.397 e. The Morgan fingerprint density at radius 3 is 2.89 bits per heavy atom. The summed E-state index contributed by atoms with van der Waals surface area (Å²) < 4.78 is 0. The van der Waals surface area contributed by atoms with Gasteiger partial charge >= 0.3 is 0 Å². The van der Waals surface area contributed by atoms with E-state index in [4.69, 9.17) is 5.73 Å². The van der Waals surface area contributed by atoms with Gasteiger partial charge < -0.3 is 11.1 Å². The topological polar surface area (TPSA) is 68.0 Å². The van der Waals surface area contributed by atoms with Crippen LogP contribution >= 0.6 is 11.3 Å². The molecule has 1 aromatic carbocycles. The van der Waals surface area contributed by atoms with Crippen molar-refractivity contribution >= 4 is 39.5 Å². The third kappa shape index (κ3) is 2.28. The lowest BCUT2D eigenvalue weighted by Gasteiger charge is -2.05. The predicted molar refractivity (Wildman–Crippen MR) is 78.4 cm³/mol. The molecule has 94 valence electrons. The lowest BCUT2D eigenvalue weighted by Crippen LogP contribution is -2.12. The number of benzene rings is 1. The van der Waals surface area contributed by atoms with Crippen LogP contribution in [0.15, 0.2) is 48.0 Å². The number of rotatable bonds is 2. The summed E-state index contributed by atoms with van der Waals surface area (Å²) in [7, 11) is 0. The molecule has 0 aliphatic carbocycles. The number of nitrogen functional groups attached to an aromatic ring is 1. The molecular formula is C14H11N3OS. The van der Waals surface area contributed by atoms with Crippen molar-refractivity contribution in [2.75, 3.05) is 11.1 Å². The molecule has 3 aromatic rings. The van der Waals surface area contributed by atoms with Gasteiger partial charge in [0.1, 0.15) is 4.88 Å². The lowest BCUT2D eigenvalue weighted by molar-refractivity contribution is 0.103. The molecule has 0 fully saturated rings. The normalized spacial score (nSPS) is 10.5. The van der Waals surface area contributed by atoms with Crippen LogP contribution in [0.3, 0.4) is 0 Å². The Balaban J connectivity index is 1.89. The molecule has 0 atom stereocenters. The van der Waals surface area contributed by atoms with Crippen LogP contribution in [0.4, 0.5) is 11.4 Å². The van der Waals surface area contributed by atoms with E-state index in [9.17, 15) is 4.79 Å². The van der Waals surface area contributed by atoms with Crippen molar-refractivity contribution in [2.24, 2.45) is 0 Å². The summed E-state index contributed by atoms with van der Waals surface area (Å²) in [5, 5.41) is 5.59. The molecule has 0 bridgehead atoms. The molecule has 2 heterocycles. The number of pyridine rings is 1. The van der Waals surface area contributed by atoms with Gasteiger partial charge in [-0.25, -0.2) is 0 Å². The van der Waals surface area contributed by atoms with Crippen LogP contribution < -0.4 is 11.1 Å². The first-order valence-electron chi connectivity index (χ1n) is 5.73. The summed E-state index contributed by atoms with van der Waals surface area (Å²) in [5.74, 6) is -0.204. The minimum absolute atomic E-state index is 0.204. The van der Waals surface area contributed by atoms with Gasteiger partial charge in [0, 0.05) is 5.39 Å². The number of amides is 1. The smallest absolute Gasteiger partial charge is 0.267 e. The molecule has 2 aromatic heterocycles. The van der Waals surface area contributed by atoms with E-state index in [2.05, 4.69) is 10.3 Å². The van der Waals surface area contributed by atoms with Gasteiger partial charge in [0.2, 0.25) is 0 Å². The maximum atomic E-state index is 12.0. The van der Waals surface area contributed by atoms with Gasteiger partial charge in [-0.3, -0.25) is 9.78 Å². The number of hydrogen-bond donors (Lipinski definition) is 2. The lowest BCUT2D eigenvalue weighted by atomic mass is 10.2. The predicted octanol–water partition coefficient (Wildman–Crippen LogP) is 3.13. The molecule has 0 saturated heterocycles. The molecule has 4 nitrogen and oxygen atoms in total. The fraction of sp³-hybridized carbons (Fsp3) is 0. The molecule has 0 saturated carbocycles. The van der Waals surface area contributed by atoms with Crippen LogP contribution in [0, 0.1) is 0 Å². The number of para-hydroxylation sites is 1. The van der Waals surface area contributed by atoms with Crippen molar-refractivity contribution in [1.29, 1.82) is 0 Å². The van der Waals surface area contributed by atoms with Gasteiger partial charge in [-0.2, -0.15) is 0 Å². The fourth-order valence-electron chi connectivity index (χ4n) is 1.83. The number of nitrogens with one attached hydrogen (secondary N) is 1. The highest BCUT2D eigenvalue weighted by Gasteiger charge is 2.11. The molecule has 3 rings (SSSR count). The second-order valence-electron chi connectivity index (χ2n) is 4.08. The van der Waals surface area contributed by atoms with Gasteiger partial charge in [0.15, 0.2) is 0 Å². The molecule has 5 heteroatoms. The van der Waals surface area contributed by atoms with Crippen molar-refractivity contribution in [3.8, 4) is 0 Å². The zero-order valence-electron chi connectivity index (χ0n) is 9.96. The van der Waals surface area contributed by atoms with Crippen LogP contribution in [0.5, 0.6) is 0 Å². The molecule has 19 heavy (non-hydrogen) atoms. The van der Waals surface area contributed by atoms with E-state index in [-0.39, 0.29) is 5.91 Å². The summed E-state index contributed by atoms with van der Waals surface area (Å²) in [6, 6.07) is 11.4. The summed E-state index contributed by atoms with van der Waals surface area (Å²) in [6.45, 7) is 0. The highest BCUT2D eigenvalue weighted by atomic mass is 32.1. The average Bonchev–Trinajstić information content (AvgIpc) is 2.85. The zero-order chi connectivity index (χ0) is 13.2. The van der Waals surface area contributed by atoms with Crippen LogP contribution in [0.1, 0.15) is 9.67 Å². The summed E-state index contributed by atoms with van der Waals surface area (Å²) >= 11 is 1.32. The SMILES string of the molecule is Nc1ccsc1C(=O)Nc1cnc2ccccc2c1. The number of fused-ring (bicyclic) bond motifs is 1. The van der Waals surface area contributed by atoms with Gasteiger partial charge in [0.25, 0.3) is 5.91 Å². The number of carbonyl (C=O) groups is 1. The number of nitrogens with two attached hydrogens (primary N) is 1. The minimum Gasteiger partial charge on any atom is -0.397 e. The molecule has 0 radical (unpaired) electrons.